The molecule has 0 atom stereocenters. The highest BCUT2D eigenvalue weighted by Crippen LogP contribution is 2.30. The number of nitrogens with one attached hydrogen (secondary N) is 1. The monoisotopic (exact) mass is 330 g/mol. The number of aliphatic hydroxyl groups excluding tert-OH is 1. The van der Waals surface area contributed by atoms with Crippen LogP contribution in [0.1, 0.15) is 47.7 Å². The summed E-state index contributed by atoms with van der Waals surface area (Å²) in [6, 6.07) is 4.05. The van der Waals surface area contributed by atoms with Crippen LogP contribution >= 0.6 is 0 Å². The Morgan fingerprint density at radius 1 is 1.25 bits per heavy atom. The maximum Gasteiger partial charge on any atom is 0.341 e. The molecule has 5 heteroatoms. The average molecular weight is 330 g/mol. The highest BCUT2D eigenvalue weighted by atomic mass is 16.5. The Kier molecular flexibility index (Phi) is 6.55. The van der Waals surface area contributed by atoms with E-state index >= 15 is 0 Å². The zero-order chi connectivity index (χ0) is 17.5. The number of anilines is 1. The first-order chi connectivity index (χ1) is 11.6. The van der Waals surface area contributed by atoms with Crippen LogP contribution in [0.15, 0.2) is 18.3 Å². The van der Waals surface area contributed by atoms with E-state index in [9.17, 15) is 4.79 Å². The van der Waals surface area contributed by atoms with Gasteiger partial charge in [0.2, 0.25) is 0 Å². The second-order valence-electron chi connectivity index (χ2n) is 5.88. The molecule has 0 saturated carbocycles. The molecule has 2 N–H and O–H groups in total. The first kappa shape index (κ1) is 18.2. The lowest BCUT2D eigenvalue weighted by Crippen LogP contribution is -2.12. The third-order valence-corrected chi connectivity index (χ3v) is 4.20. The largest absolute Gasteiger partial charge is 0.462 e. The highest BCUT2D eigenvalue weighted by Gasteiger charge is 2.17. The number of aryl methyl sites for hydroxylation is 2. The maximum absolute atomic E-state index is 12.3. The lowest BCUT2D eigenvalue weighted by atomic mass is 10.0. The van der Waals surface area contributed by atoms with Gasteiger partial charge in [-0.1, -0.05) is 12.1 Å². The zero-order valence-corrected chi connectivity index (χ0v) is 14.7. The van der Waals surface area contributed by atoms with E-state index in [1.165, 1.54) is 5.56 Å². The molecule has 0 bridgehead atoms. The van der Waals surface area contributed by atoms with Crippen LogP contribution in [0.2, 0.25) is 0 Å². The van der Waals surface area contributed by atoms with Crippen LogP contribution in [-0.2, 0) is 4.74 Å². The van der Waals surface area contributed by atoms with Crippen LogP contribution in [0.25, 0.3) is 10.9 Å². The molecule has 1 aromatic heterocycles. The number of aromatic nitrogens is 1. The zero-order valence-electron chi connectivity index (χ0n) is 14.7. The lowest BCUT2D eigenvalue weighted by molar-refractivity contribution is 0.0527. The predicted molar refractivity (Wildman–Crippen MR) is 96.6 cm³/mol. The SMILES string of the molecule is CCOC(=O)c1cnc2c(C)c(C)ccc2c1NCCCCCO. The van der Waals surface area contributed by atoms with Crippen molar-refractivity contribution in [3.05, 3.63) is 35.0 Å². The van der Waals surface area contributed by atoms with Crippen molar-refractivity contribution in [2.24, 2.45) is 0 Å². The normalized spacial score (nSPS) is 10.8. The smallest absolute Gasteiger partial charge is 0.341 e. The summed E-state index contributed by atoms with van der Waals surface area (Å²) in [6.45, 7) is 7.17. The molecular formula is C19H26N2O3. The molecule has 0 aliphatic carbocycles. The first-order valence-corrected chi connectivity index (χ1v) is 8.50. The Balaban J connectivity index is 2.38. The van der Waals surface area contributed by atoms with E-state index in [-0.39, 0.29) is 12.6 Å². The summed E-state index contributed by atoms with van der Waals surface area (Å²) in [5, 5.41) is 13.2. The second kappa shape index (κ2) is 8.64. The van der Waals surface area contributed by atoms with Crippen molar-refractivity contribution in [2.45, 2.75) is 40.0 Å². The van der Waals surface area contributed by atoms with Gasteiger partial charge in [-0.05, 0) is 51.2 Å². The molecule has 0 aliphatic rings. The number of unbranched alkanes of at least 4 members (excludes halogenated alkanes) is 2. The number of carbonyl (C=O) groups is 1. The van der Waals surface area contributed by atoms with Crippen molar-refractivity contribution >= 4 is 22.6 Å². The molecule has 2 rings (SSSR count). The fourth-order valence-corrected chi connectivity index (χ4v) is 2.69. The predicted octanol–water partition coefficient (Wildman–Crippen LogP) is 3.60. The Bertz CT molecular complexity index is 713. The number of pyridine rings is 1. The van der Waals surface area contributed by atoms with Crippen molar-refractivity contribution in [1.82, 2.24) is 4.98 Å². The summed E-state index contributed by atoms with van der Waals surface area (Å²) in [4.78, 5) is 16.8. The Morgan fingerprint density at radius 2 is 2.04 bits per heavy atom. The number of benzene rings is 1. The first-order valence-electron chi connectivity index (χ1n) is 8.50. The van der Waals surface area contributed by atoms with Gasteiger partial charge in [0.15, 0.2) is 0 Å². The van der Waals surface area contributed by atoms with Gasteiger partial charge in [-0.25, -0.2) is 4.79 Å². The molecule has 0 unspecified atom stereocenters. The van der Waals surface area contributed by atoms with E-state index in [4.69, 9.17) is 9.84 Å². The van der Waals surface area contributed by atoms with Gasteiger partial charge in [0.1, 0.15) is 5.56 Å². The van der Waals surface area contributed by atoms with E-state index in [0.717, 1.165) is 48.0 Å². The number of fused-ring (bicyclic) bond motifs is 1. The summed E-state index contributed by atoms with van der Waals surface area (Å²) in [6.07, 6.45) is 4.27. The highest BCUT2D eigenvalue weighted by molar-refractivity contribution is 6.05. The number of aliphatic hydroxyl groups is 1. The van der Waals surface area contributed by atoms with Gasteiger partial charge in [0.25, 0.3) is 0 Å². The van der Waals surface area contributed by atoms with Crippen molar-refractivity contribution in [1.29, 1.82) is 0 Å². The van der Waals surface area contributed by atoms with Crippen molar-refractivity contribution in [3.63, 3.8) is 0 Å². The summed E-state index contributed by atoms with van der Waals surface area (Å²) in [7, 11) is 0. The van der Waals surface area contributed by atoms with E-state index in [0.29, 0.717) is 12.2 Å². The number of ether oxygens (including phenoxy) is 1. The van der Waals surface area contributed by atoms with Gasteiger partial charge in [-0.2, -0.15) is 0 Å². The molecule has 0 amide bonds. The van der Waals surface area contributed by atoms with Gasteiger partial charge in [0, 0.05) is 24.7 Å². The topological polar surface area (TPSA) is 71.5 Å². The summed E-state index contributed by atoms with van der Waals surface area (Å²) in [5.41, 5.74) is 4.44. The van der Waals surface area contributed by atoms with Crippen molar-refractivity contribution in [2.75, 3.05) is 25.1 Å². The fraction of sp³-hybridized carbons (Fsp3) is 0.474. The summed E-state index contributed by atoms with van der Waals surface area (Å²) in [5.74, 6) is -0.358. The second-order valence-corrected chi connectivity index (χ2v) is 5.88. The van der Waals surface area contributed by atoms with Crippen molar-refractivity contribution < 1.29 is 14.6 Å². The molecular weight excluding hydrogens is 304 g/mol. The third kappa shape index (κ3) is 4.03. The number of esters is 1. The minimum Gasteiger partial charge on any atom is -0.462 e. The standard InChI is InChI=1S/C19H26N2O3/c1-4-24-19(23)16-12-21-17-14(3)13(2)8-9-15(17)18(16)20-10-6-5-7-11-22/h8-9,12,22H,4-7,10-11H2,1-3H3,(H,20,21). The van der Waals surface area contributed by atoms with E-state index in [1.54, 1.807) is 13.1 Å². The Labute approximate surface area is 143 Å². The molecule has 1 heterocycles. The number of hydrogen-bond donors (Lipinski definition) is 2. The number of hydrogen-bond acceptors (Lipinski definition) is 5. The average Bonchev–Trinajstić information content (AvgIpc) is 2.58. The van der Waals surface area contributed by atoms with Gasteiger partial charge >= 0.3 is 5.97 Å². The van der Waals surface area contributed by atoms with Crippen LogP contribution in [0.5, 0.6) is 0 Å². The summed E-state index contributed by atoms with van der Waals surface area (Å²) >= 11 is 0. The van der Waals surface area contributed by atoms with E-state index < -0.39 is 0 Å². The van der Waals surface area contributed by atoms with Crippen LogP contribution in [0.4, 0.5) is 5.69 Å². The van der Waals surface area contributed by atoms with Gasteiger partial charge in [-0.3, -0.25) is 4.98 Å². The fourth-order valence-electron chi connectivity index (χ4n) is 2.69. The number of carbonyl (C=O) groups excluding carboxylic acids is 1. The Morgan fingerprint density at radius 3 is 2.75 bits per heavy atom. The summed E-state index contributed by atoms with van der Waals surface area (Å²) < 4.78 is 5.16. The minimum absolute atomic E-state index is 0.213. The minimum atomic E-state index is -0.358. The molecule has 24 heavy (non-hydrogen) atoms. The molecule has 0 aliphatic heterocycles. The quantitative estimate of drug-likeness (QED) is 0.571. The Hall–Kier alpha value is -2.14. The lowest BCUT2D eigenvalue weighted by Gasteiger charge is -2.15. The van der Waals surface area contributed by atoms with E-state index in [1.807, 2.05) is 19.1 Å². The molecule has 2 aromatic rings. The van der Waals surface area contributed by atoms with E-state index in [2.05, 4.69) is 17.2 Å². The van der Waals surface area contributed by atoms with Gasteiger partial charge in [0.05, 0.1) is 17.8 Å². The number of rotatable bonds is 8. The maximum atomic E-state index is 12.3. The van der Waals surface area contributed by atoms with Crippen LogP contribution in [-0.4, -0.2) is 35.8 Å². The van der Waals surface area contributed by atoms with Gasteiger partial charge < -0.3 is 15.2 Å². The molecule has 0 radical (unpaired) electrons. The molecule has 0 saturated heterocycles. The number of nitrogens with zero attached hydrogens (tertiary/aromatic N) is 1. The molecule has 0 spiro atoms. The van der Waals surface area contributed by atoms with Gasteiger partial charge in [-0.15, -0.1) is 0 Å². The molecule has 0 fully saturated rings. The molecule has 1 aromatic carbocycles. The molecule has 5 nitrogen and oxygen atoms in total. The third-order valence-electron chi connectivity index (χ3n) is 4.20. The van der Waals surface area contributed by atoms with Crippen molar-refractivity contribution in [3.8, 4) is 0 Å². The van der Waals surface area contributed by atoms with Crippen LogP contribution in [0.3, 0.4) is 0 Å². The van der Waals surface area contributed by atoms with Crippen LogP contribution in [0, 0.1) is 13.8 Å². The molecule has 130 valence electrons. The van der Waals surface area contributed by atoms with Crippen LogP contribution < -0.4 is 5.32 Å².